The molecule has 0 aromatic carbocycles. The second-order valence-corrected chi connectivity index (χ2v) is 2.32. The smallest absolute Gasteiger partial charge is 0.305 e. The summed E-state index contributed by atoms with van der Waals surface area (Å²) in [5, 5.41) is 0. The van der Waals surface area contributed by atoms with E-state index in [2.05, 4.69) is 6.92 Å². The summed E-state index contributed by atoms with van der Waals surface area (Å²) in [7, 11) is 0. The Morgan fingerprint density at radius 3 is 2.36 bits per heavy atom. The lowest BCUT2D eigenvalue weighted by Crippen LogP contribution is -2.04. The molecule has 0 heterocycles. The van der Waals surface area contributed by atoms with E-state index in [0.29, 0.717) is 13.0 Å². The Labute approximate surface area is 68.7 Å². The van der Waals surface area contributed by atoms with Crippen LogP contribution in [0, 0.1) is 0 Å². The van der Waals surface area contributed by atoms with Crippen LogP contribution in [0.15, 0.2) is 0 Å². The third-order valence-electron chi connectivity index (χ3n) is 1.22. The Kier molecular flexibility index (Phi) is 11.2. The first-order valence-corrected chi connectivity index (χ1v) is 3.96. The monoisotopic (exact) mass is 161 g/mol. The van der Waals surface area contributed by atoms with Crippen LogP contribution in [-0.4, -0.2) is 12.6 Å². The van der Waals surface area contributed by atoms with E-state index in [0.717, 1.165) is 19.3 Å². The first-order chi connectivity index (χ1) is 4.81. The zero-order chi connectivity index (χ0) is 7.82. The van der Waals surface area contributed by atoms with Crippen molar-refractivity contribution in [1.82, 2.24) is 6.15 Å². The van der Waals surface area contributed by atoms with Crippen LogP contribution in [0.3, 0.4) is 0 Å². The molecule has 3 N–H and O–H groups in total. The highest BCUT2D eigenvalue weighted by Gasteiger charge is 1.97. The van der Waals surface area contributed by atoms with E-state index in [-0.39, 0.29) is 12.1 Å². The van der Waals surface area contributed by atoms with Gasteiger partial charge in [0.05, 0.1) is 6.61 Å². The maximum absolute atomic E-state index is 10.7. The van der Waals surface area contributed by atoms with Gasteiger partial charge in [-0.2, -0.15) is 0 Å². The van der Waals surface area contributed by atoms with Gasteiger partial charge in [-0.1, -0.05) is 20.3 Å². The maximum atomic E-state index is 10.7. The van der Waals surface area contributed by atoms with Gasteiger partial charge in [0, 0.05) is 6.42 Å². The van der Waals surface area contributed by atoms with Crippen LogP contribution in [0.2, 0.25) is 0 Å². The third-order valence-corrected chi connectivity index (χ3v) is 1.22. The number of carbonyl (C=O) groups excluding carboxylic acids is 1. The Bertz CT molecular complexity index is 94.1. The van der Waals surface area contributed by atoms with E-state index in [1.165, 1.54) is 0 Å². The molecule has 0 saturated carbocycles. The number of rotatable bonds is 5. The Balaban J connectivity index is 0. The zero-order valence-electron chi connectivity index (χ0n) is 7.56. The van der Waals surface area contributed by atoms with E-state index in [4.69, 9.17) is 4.74 Å². The Hall–Kier alpha value is -0.570. The molecule has 0 radical (unpaired) electrons. The lowest BCUT2D eigenvalue weighted by molar-refractivity contribution is -0.143. The zero-order valence-corrected chi connectivity index (χ0v) is 7.56. The molecule has 0 atom stereocenters. The van der Waals surface area contributed by atoms with Crippen molar-refractivity contribution >= 4 is 5.97 Å². The highest BCUT2D eigenvalue weighted by molar-refractivity contribution is 5.69. The molecular formula is C8H19NO2. The summed E-state index contributed by atoms with van der Waals surface area (Å²) in [5.74, 6) is -0.0593. The first-order valence-electron chi connectivity index (χ1n) is 3.96. The van der Waals surface area contributed by atoms with Gasteiger partial charge in [-0.15, -0.1) is 0 Å². The topological polar surface area (TPSA) is 61.3 Å². The number of esters is 1. The van der Waals surface area contributed by atoms with Crippen molar-refractivity contribution in [3.63, 3.8) is 0 Å². The van der Waals surface area contributed by atoms with Crippen LogP contribution < -0.4 is 6.15 Å². The molecule has 11 heavy (non-hydrogen) atoms. The number of ether oxygens (including phenoxy) is 1. The van der Waals surface area contributed by atoms with Crippen molar-refractivity contribution in [3.8, 4) is 0 Å². The molecule has 3 nitrogen and oxygen atoms in total. The van der Waals surface area contributed by atoms with Gasteiger partial charge in [-0.05, 0) is 12.8 Å². The lowest BCUT2D eigenvalue weighted by atomic mass is 10.3. The maximum Gasteiger partial charge on any atom is 0.305 e. The van der Waals surface area contributed by atoms with Gasteiger partial charge in [0.25, 0.3) is 0 Å². The predicted molar refractivity (Wildman–Crippen MR) is 45.8 cm³/mol. The van der Waals surface area contributed by atoms with E-state index in [9.17, 15) is 4.79 Å². The average Bonchev–Trinajstić information content (AvgIpc) is 1.89. The van der Waals surface area contributed by atoms with Gasteiger partial charge in [-0.25, -0.2) is 0 Å². The van der Waals surface area contributed by atoms with Crippen LogP contribution in [-0.2, 0) is 9.53 Å². The number of hydrogen-bond acceptors (Lipinski definition) is 3. The molecule has 0 amide bonds. The van der Waals surface area contributed by atoms with E-state index < -0.39 is 0 Å². The largest absolute Gasteiger partial charge is 0.466 e. The van der Waals surface area contributed by atoms with Crippen molar-refractivity contribution in [1.29, 1.82) is 0 Å². The van der Waals surface area contributed by atoms with Crippen LogP contribution in [0.4, 0.5) is 0 Å². The van der Waals surface area contributed by atoms with Gasteiger partial charge in [0.15, 0.2) is 0 Å². The van der Waals surface area contributed by atoms with E-state index >= 15 is 0 Å². The molecule has 0 unspecified atom stereocenters. The quantitative estimate of drug-likeness (QED) is 0.497. The molecule has 0 fully saturated rings. The lowest BCUT2D eigenvalue weighted by Gasteiger charge is -2.00. The van der Waals surface area contributed by atoms with Crippen LogP contribution in [0.25, 0.3) is 0 Å². The van der Waals surface area contributed by atoms with Crippen LogP contribution in [0.5, 0.6) is 0 Å². The predicted octanol–water partition coefficient (Wildman–Crippen LogP) is 2.29. The molecular weight excluding hydrogens is 142 g/mol. The van der Waals surface area contributed by atoms with Gasteiger partial charge in [0.1, 0.15) is 0 Å². The second kappa shape index (κ2) is 9.43. The molecule has 0 aliphatic heterocycles. The highest BCUT2D eigenvalue weighted by Crippen LogP contribution is 1.93. The normalized spacial score (nSPS) is 8.55. The summed E-state index contributed by atoms with van der Waals surface area (Å²) >= 11 is 0. The molecule has 0 spiro atoms. The number of carbonyl (C=O) groups is 1. The average molecular weight is 161 g/mol. The molecule has 0 rings (SSSR count). The minimum Gasteiger partial charge on any atom is -0.466 e. The van der Waals surface area contributed by atoms with Gasteiger partial charge >= 0.3 is 5.97 Å². The fourth-order valence-electron chi connectivity index (χ4n) is 0.607. The standard InChI is InChI=1S/C8H16O2.H3N/c1-3-5-7-10-8(9)6-4-2;/h3-7H2,1-2H3;1H3. The minimum atomic E-state index is -0.0593. The summed E-state index contributed by atoms with van der Waals surface area (Å²) < 4.78 is 4.88. The van der Waals surface area contributed by atoms with Crippen molar-refractivity contribution in [2.45, 2.75) is 39.5 Å². The summed E-state index contributed by atoms with van der Waals surface area (Å²) in [4.78, 5) is 10.7. The number of hydrogen-bond donors (Lipinski definition) is 1. The van der Waals surface area contributed by atoms with Gasteiger partial charge < -0.3 is 10.9 Å². The van der Waals surface area contributed by atoms with Crippen molar-refractivity contribution in [3.05, 3.63) is 0 Å². The molecule has 0 aliphatic rings. The van der Waals surface area contributed by atoms with Gasteiger partial charge in [0.2, 0.25) is 0 Å². The molecule has 0 saturated heterocycles. The number of unbranched alkanes of at least 4 members (excludes halogenated alkanes) is 1. The molecule has 68 valence electrons. The second-order valence-electron chi connectivity index (χ2n) is 2.32. The summed E-state index contributed by atoms with van der Waals surface area (Å²) in [6.07, 6.45) is 3.50. The molecule has 0 aromatic heterocycles. The van der Waals surface area contributed by atoms with E-state index in [1.807, 2.05) is 6.92 Å². The first kappa shape index (κ1) is 13.1. The fourth-order valence-corrected chi connectivity index (χ4v) is 0.607. The van der Waals surface area contributed by atoms with Crippen molar-refractivity contribution < 1.29 is 9.53 Å². The summed E-state index contributed by atoms with van der Waals surface area (Å²) in [5.41, 5.74) is 0. The van der Waals surface area contributed by atoms with Crippen LogP contribution >= 0.6 is 0 Å². The molecule has 0 aliphatic carbocycles. The minimum absolute atomic E-state index is 0. The Morgan fingerprint density at radius 2 is 1.91 bits per heavy atom. The SMILES string of the molecule is CCCCOC(=O)CCC.N. The van der Waals surface area contributed by atoms with Crippen molar-refractivity contribution in [2.75, 3.05) is 6.61 Å². The molecule has 3 heteroatoms. The van der Waals surface area contributed by atoms with Crippen molar-refractivity contribution in [2.24, 2.45) is 0 Å². The highest BCUT2D eigenvalue weighted by atomic mass is 16.5. The van der Waals surface area contributed by atoms with Gasteiger partial charge in [-0.3, -0.25) is 4.79 Å². The van der Waals surface area contributed by atoms with E-state index in [1.54, 1.807) is 0 Å². The molecule has 0 aromatic rings. The van der Waals surface area contributed by atoms with Crippen LogP contribution in [0.1, 0.15) is 39.5 Å². The summed E-state index contributed by atoms with van der Waals surface area (Å²) in [6.45, 7) is 4.64. The molecule has 0 bridgehead atoms. The summed E-state index contributed by atoms with van der Waals surface area (Å²) in [6, 6.07) is 0. The third kappa shape index (κ3) is 9.43. The Morgan fingerprint density at radius 1 is 1.27 bits per heavy atom. The fraction of sp³-hybridized carbons (Fsp3) is 0.875.